The van der Waals surface area contributed by atoms with Crippen LogP contribution in [0.4, 0.5) is 11.4 Å². The third-order valence-electron chi connectivity index (χ3n) is 10.3. The molecule has 0 aromatic heterocycles. The number of sulfone groups is 1. The number of carbonyl (C=O) groups excluding carboxylic acids is 2. The Bertz CT molecular complexity index is 1480. The summed E-state index contributed by atoms with van der Waals surface area (Å²) in [6.45, 7) is 6.46. The van der Waals surface area contributed by atoms with E-state index in [0.717, 1.165) is 42.7 Å². The van der Waals surface area contributed by atoms with Crippen molar-refractivity contribution in [2.24, 2.45) is 0 Å². The fourth-order valence-electron chi connectivity index (χ4n) is 8.04. The number of benzene rings is 2. The van der Waals surface area contributed by atoms with Gasteiger partial charge in [0.05, 0.1) is 28.5 Å². The van der Waals surface area contributed by atoms with Gasteiger partial charge in [-0.3, -0.25) is 19.8 Å². The van der Waals surface area contributed by atoms with Crippen LogP contribution in [0, 0.1) is 0 Å². The van der Waals surface area contributed by atoms with Crippen LogP contribution in [0.5, 0.6) is 0 Å². The number of amides is 2. The molecule has 2 saturated heterocycles. The van der Waals surface area contributed by atoms with Gasteiger partial charge in [0.1, 0.15) is 6.04 Å². The third-order valence-corrected chi connectivity index (χ3v) is 11.4. The summed E-state index contributed by atoms with van der Waals surface area (Å²) in [6.07, 6.45) is 12.7. The van der Waals surface area contributed by atoms with Gasteiger partial charge in [-0.2, -0.15) is 0 Å². The molecule has 1 saturated carbocycles. The average molecular weight is 622 g/mol. The van der Waals surface area contributed by atoms with E-state index < -0.39 is 9.84 Å². The summed E-state index contributed by atoms with van der Waals surface area (Å²) in [7, 11) is -3.31. The Morgan fingerprint density at radius 3 is 2.14 bits per heavy atom. The number of rotatable bonds is 3. The van der Waals surface area contributed by atoms with Crippen LogP contribution in [0.15, 0.2) is 47.4 Å². The highest BCUT2D eigenvalue weighted by atomic mass is 32.2. The van der Waals surface area contributed by atoms with Crippen LogP contribution >= 0.6 is 0 Å². The Morgan fingerprint density at radius 2 is 1.50 bits per heavy atom. The van der Waals surface area contributed by atoms with Gasteiger partial charge in [-0.25, -0.2) is 8.42 Å². The molecule has 3 heterocycles. The number of nitrogens with zero attached hydrogens (tertiary/aromatic N) is 3. The normalized spacial score (nSPS) is 26.2. The van der Waals surface area contributed by atoms with Crippen LogP contribution in [-0.4, -0.2) is 81.4 Å². The molecule has 10 heteroatoms. The topological polar surface area (TPSA) is 102 Å². The number of hydrogen-bond donors (Lipinski definition) is 2. The van der Waals surface area contributed by atoms with Crippen LogP contribution in [0.1, 0.15) is 71.6 Å². The van der Waals surface area contributed by atoms with Crippen LogP contribution in [0.2, 0.25) is 0 Å². The summed E-state index contributed by atoms with van der Waals surface area (Å²) in [6, 6.07) is 12.1. The number of carbonyl (C=O) groups is 2. The molecule has 2 N–H and O–H groups in total. The summed E-state index contributed by atoms with van der Waals surface area (Å²) in [5.74, 6) is -0.0217. The zero-order chi connectivity index (χ0) is 31.1. The van der Waals surface area contributed by atoms with Crippen molar-refractivity contribution in [3.05, 3.63) is 42.5 Å². The molecular formula is C34H47N5O4S. The van der Waals surface area contributed by atoms with Crippen LogP contribution in [0.25, 0.3) is 11.1 Å². The lowest BCUT2D eigenvalue weighted by molar-refractivity contribution is -0.121. The fourth-order valence-corrected chi connectivity index (χ4v) is 8.67. The van der Waals surface area contributed by atoms with Crippen molar-refractivity contribution in [1.29, 1.82) is 0 Å². The zero-order valence-electron chi connectivity index (χ0n) is 26.3. The van der Waals surface area contributed by atoms with Crippen LogP contribution < -0.4 is 20.4 Å². The maximum absolute atomic E-state index is 14.5. The minimum Gasteiger partial charge on any atom is -0.312 e. The molecule has 3 aliphatic heterocycles. The molecule has 4 aliphatic rings. The summed E-state index contributed by atoms with van der Waals surface area (Å²) in [5.41, 5.74) is 3.22. The highest BCUT2D eigenvalue weighted by Gasteiger charge is 2.50. The van der Waals surface area contributed by atoms with E-state index in [0.29, 0.717) is 18.8 Å². The summed E-state index contributed by atoms with van der Waals surface area (Å²) in [5, 5.41) is 7.42. The number of nitrogens with one attached hydrogen (secondary N) is 2. The van der Waals surface area contributed by atoms with Crippen LogP contribution in [0.3, 0.4) is 0 Å². The van der Waals surface area contributed by atoms with Crippen LogP contribution in [-0.2, 0) is 19.4 Å². The van der Waals surface area contributed by atoms with Gasteiger partial charge in [0.25, 0.3) is 0 Å². The third kappa shape index (κ3) is 6.06. The highest BCUT2D eigenvalue weighted by molar-refractivity contribution is 7.90. The summed E-state index contributed by atoms with van der Waals surface area (Å²) in [4.78, 5) is 33.8. The molecule has 3 atom stereocenters. The van der Waals surface area contributed by atoms with Crippen molar-refractivity contribution in [2.75, 3.05) is 42.2 Å². The van der Waals surface area contributed by atoms with E-state index in [1.54, 1.807) is 36.1 Å². The van der Waals surface area contributed by atoms with Gasteiger partial charge in [-0.05, 0) is 55.2 Å². The lowest BCUT2D eigenvalue weighted by Gasteiger charge is -2.49. The van der Waals surface area contributed by atoms with Gasteiger partial charge in [0.2, 0.25) is 11.8 Å². The van der Waals surface area contributed by atoms with Gasteiger partial charge >= 0.3 is 0 Å². The Kier molecular flexibility index (Phi) is 8.89. The van der Waals surface area contributed by atoms with E-state index in [9.17, 15) is 18.0 Å². The number of anilines is 2. The second kappa shape index (κ2) is 12.5. The first-order chi connectivity index (χ1) is 21.1. The second-order valence-electron chi connectivity index (χ2n) is 13.4. The molecule has 0 radical (unpaired) electrons. The second-order valence-corrected chi connectivity index (χ2v) is 15.4. The molecule has 3 fully saturated rings. The van der Waals surface area contributed by atoms with Crippen molar-refractivity contribution < 1.29 is 18.0 Å². The molecule has 0 bridgehead atoms. The molecular weight excluding hydrogens is 574 g/mol. The van der Waals surface area contributed by atoms with Gasteiger partial charge in [0, 0.05) is 44.9 Å². The molecule has 1 aliphatic carbocycles. The molecule has 6 rings (SSSR count). The van der Waals surface area contributed by atoms with Crippen molar-refractivity contribution in [2.45, 2.75) is 100 Å². The van der Waals surface area contributed by atoms with E-state index in [4.69, 9.17) is 0 Å². The molecule has 2 unspecified atom stereocenters. The predicted octanol–water partition coefficient (Wildman–Crippen LogP) is 4.31. The van der Waals surface area contributed by atoms with E-state index in [-0.39, 0.29) is 40.5 Å². The van der Waals surface area contributed by atoms with E-state index in [1.165, 1.54) is 51.2 Å². The minimum atomic E-state index is -3.31. The molecule has 2 aromatic rings. The molecule has 238 valence electrons. The standard InChI is InChI=1S/C34H47N5O4S/c1-24-21-37(31-19-27(13-16-30(31)39(24)25(2)40)26-11-14-28(15-12-26)44(3,42)43)33(41)29-22-38-32(36-29)20-35-23-34(38)17-9-7-5-4-6-8-10-18-34/h11-16,19,24,29,32,35-36H,4-10,17-18,20-23H2,1-3H3/t24-,29?,32?/m0/s1. The van der Waals surface area contributed by atoms with Gasteiger partial charge in [-0.15, -0.1) is 0 Å². The first-order valence-corrected chi connectivity index (χ1v) is 18.3. The van der Waals surface area contributed by atoms with Gasteiger partial charge in [0.15, 0.2) is 9.84 Å². The Morgan fingerprint density at radius 1 is 0.864 bits per heavy atom. The number of fused-ring (bicyclic) bond motifs is 3. The van der Waals surface area contributed by atoms with Gasteiger partial charge < -0.3 is 15.1 Å². The van der Waals surface area contributed by atoms with Crippen molar-refractivity contribution in [3.63, 3.8) is 0 Å². The number of piperazine rings is 1. The van der Waals surface area contributed by atoms with Crippen molar-refractivity contribution >= 4 is 33.0 Å². The molecule has 44 heavy (non-hydrogen) atoms. The lowest BCUT2D eigenvalue weighted by Crippen LogP contribution is -2.65. The molecule has 9 nitrogen and oxygen atoms in total. The Balaban J connectivity index is 1.30. The minimum absolute atomic E-state index is 0.0373. The van der Waals surface area contributed by atoms with E-state index >= 15 is 0 Å². The fraction of sp³-hybridized carbons (Fsp3) is 0.588. The molecule has 1 spiro atoms. The van der Waals surface area contributed by atoms with E-state index in [2.05, 4.69) is 15.5 Å². The Labute approximate surface area is 262 Å². The monoisotopic (exact) mass is 621 g/mol. The maximum Gasteiger partial charge on any atom is 0.245 e. The summed E-state index contributed by atoms with van der Waals surface area (Å²) >= 11 is 0. The highest BCUT2D eigenvalue weighted by Crippen LogP contribution is 2.41. The Hall–Kier alpha value is -2.79. The maximum atomic E-state index is 14.5. The first kappa shape index (κ1) is 31.2. The number of hydrogen-bond acceptors (Lipinski definition) is 7. The quantitative estimate of drug-likeness (QED) is 0.527. The molecule has 2 aromatic carbocycles. The SMILES string of the molecule is CC(=O)N1c2ccc(-c3ccc(S(C)(=O)=O)cc3)cc2N(C(=O)C2CN3C(CNCC34CCCCCCCCC4)N2)C[C@@H]1C. The first-order valence-electron chi connectivity index (χ1n) is 16.4. The summed E-state index contributed by atoms with van der Waals surface area (Å²) < 4.78 is 24.0. The van der Waals surface area contributed by atoms with Crippen molar-refractivity contribution in [3.8, 4) is 11.1 Å². The average Bonchev–Trinajstić information content (AvgIpc) is 3.45. The predicted molar refractivity (Wildman–Crippen MR) is 175 cm³/mol. The van der Waals surface area contributed by atoms with Crippen molar-refractivity contribution in [1.82, 2.24) is 15.5 Å². The zero-order valence-corrected chi connectivity index (χ0v) is 27.2. The van der Waals surface area contributed by atoms with Gasteiger partial charge in [-0.1, -0.05) is 63.1 Å². The lowest BCUT2D eigenvalue weighted by atomic mass is 9.82. The smallest absolute Gasteiger partial charge is 0.245 e. The van der Waals surface area contributed by atoms with E-state index in [1.807, 2.05) is 30.0 Å². The molecule has 2 amide bonds. The largest absolute Gasteiger partial charge is 0.312 e.